The first-order chi connectivity index (χ1) is 9.38. The largest absolute Gasteiger partial charge is 0.372 e. The van der Waals surface area contributed by atoms with Crippen LogP contribution in [0.4, 0.5) is 0 Å². The van der Waals surface area contributed by atoms with Crippen molar-refractivity contribution in [2.45, 2.75) is 12.5 Å². The van der Waals surface area contributed by atoms with E-state index in [2.05, 4.69) is 33.7 Å². The lowest BCUT2D eigenvalue weighted by atomic mass is 9.94. The van der Waals surface area contributed by atoms with E-state index in [-0.39, 0.29) is 6.10 Å². The molecule has 0 spiro atoms. The number of rotatable bonds is 3. The van der Waals surface area contributed by atoms with E-state index in [1.807, 2.05) is 19.2 Å². The van der Waals surface area contributed by atoms with Crippen molar-refractivity contribution in [1.29, 1.82) is 0 Å². The third-order valence-electron chi connectivity index (χ3n) is 3.44. The molecule has 19 heavy (non-hydrogen) atoms. The summed E-state index contributed by atoms with van der Waals surface area (Å²) in [5.74, 6) is 0. The SMILES string of the molecule is CNCC1OCCc2cc(-c3cccnn3)ccc21. The number of hydrogen-bond donors (Lipinski definition) is 1. The van der Waals surface area contributed by atoms with Crippen LogP contribution in [0.2, 0.25) is 0 Å². The van der Waals surface area contributed by atoms with Crippen LogP contribution < -0.4 is 5.32 Å². The molecule has 0 saturated heterocycles. The van der Waals surface area contributed by atoms with Crippen molar-refractivity contribution in [3.05, 3.63) is 47.7 Å². The highest BCUT2D eigenvalue weighted by Gasteiger charge is 2.20. The number of aromatic nitrogens is 2. The Morgan fingerprint density at radius 3 is 3.11 bits per heavy atom. The van der Waals surface area contributed by atoms with E-state index in [1.165, 1.54) is 11.1 Å². The summed E-state index contributed by atoms with van der Waals surface area (Å²) in [7, 11) is 1.95. The van der Waals surface area contributed by atoms with Gasteiger partial charge in [-0.25, -0.2) is 0 Å². The second-order valence-electron chi connectivity index (χ2n) is 4.69. The fraction of sp³-hybridized carbons (Fsp3) is 0.333. The second-order valence-corrected chi connectivity index (χ2v) is 4.69. The molecule has 1 aromatic carbocycles. The quantitative estimate of drug-likeness (QED) is 0.911. The smallest absolute Gasteiger partial charge is 0.0951 e. The summed E-state index contributed by atoms with van der Waals surface area (Å²) in [6.45, 7) is 1.63. The molecule has 3 rings (SSSR count). The van der Waals surface area contributed by atoms with Crippen LogP contribution >= 0.6 is 0 Å². The highest BCUT2D eigenvalue weighted by molar-refractivity contribution is 5.60. The van der Waals surface area contributed by atoms with Gasteiger partial charge in [-0.2, -0.15) is 10.2 Å². The highest BCUT2D eigenvalue weighted by Crippen LogP contribution is 2.29. The minimum absolute atomic E-state index is 0.157. The molecule has 4 nitrogen and oxygen atoms in total. The van der Waals surface area contributed by atoms with Gasteiger partial charge < -0.3 is 10.1 Å². The Bertz CT molecular complexity index is 557. The normalized spacial score (nSPS) is 18.1. The lowest BCUT2D eigenvalue weighted by Gasteiger charge is -2.26. The number of nitrogens with zero attached hydrogens (tertiary/aromatic N) is 2. The third kappa shape index (κ3) is 2.50. The molecule has 0 saturated carbocycles. The fourth-order valence-corrected chi connectivity index (χ4v) is 2.51. The number of nitrogens with one attached hydrogen (secondary N) is 1. The predicted octanol–water partition coefficient (Wildman–Crippen LogP) is 1.98. The maximum atomic E-state index is 5.80. The third-order valence-corrected chi connectivity index (χ3v) is 3.44. The average molecular weight is 255 g/mol. The molecule has 2 heterocycles. The van der Waals surface area contributed by atoms with Gasteiger partial charge in [0.2, 0.25) is 0 Å². The zero-order valence-corrected chi connectivity index (χ0v) is 11.0. The summed E-state index contributed by atoms with van der Waals surface area (Å²) < 4.78 is 5.80. The lowest BCUT2D eigenvalue weighted by Crippen LogP contribution is -2.25. The summed E-state index contributed by atoms with van der Waals surface area (Å²) in [5.41, 5.74) is 4.68. The Balaban J connectivity index is 1.96. The molecular formula is C15H17N3O. The standard InChI is InChI=1S/C15H17N3O/c1-16-10-15-13-5-4-12(9-11(13)6-8-19-15)14-3-2-7-17-18-14/h2-5,7,9,15-16H,6,8,10H2,1H3. The average Bonchev–Trinajstić information content (AvgIpc) is 2.48. The van der Waals surface area contributed by atoms with Gasteiger partial charge >= 0.3 is 0 Å². The molecule has 0 amide bonds. The van der Waals surface area contributed by atoms with Crippen molar-refractivity contribution in [1.82, 2.24) is 15.5 Å². The fourth-order valence-electron chi connectivity index (χ4n) is 2.51. The number of likely N-dealkylation sites (N-methyl/N-ethyl adjacent to an activating group) is 1. The molecule has 0 fully saturated rings. The maximum absolute atomic E-state index is 5.80. The predicted molar refractivity (Wildman–Crippen MR) is 73.8 cm³/mol. The molecule has 1 atom stereocenters. The van der Waals surface area contributed by atoms with E-state index in [0.717, 1.165) is 30.8 Å². The molecule has 2 aromatic rings. The summed E-state index contributed by atoms with van der Waals surface area (Å²) in [6, 6.07) is 10.4. The first-order valence-corrected chi connectivity index (χ1v) is 6.55. The minimum Gasteiger partial charge on any atom is -0.372 e. The van der Waals surface area contributed by atoms with Gasteiger partial charge in [-0.3, -0.25) is 0 Å². The van der Waals surface area contributed by atoms with Crippen molar-refractivity contribution < 1.29 is 4.74 Å². The van der Waals surface area contributed by atoms with Gasteiger partial charge in [-0.15, -0.1) is 0 Å². The Hall–Kier alpha value is -1.78. The molecule has 1 aromatic heterocycles. The molecule has 0 radical (unpaired) electrons. The van der Waals surface area contributed by atoms with Crippen LogP contribution in [0.25, 0.3) is 11.3 Å². The molecular weight excluding hydrogens is 238 g/mol. The van der Waals surface area contributed by atoms with Gasteiger partial charge in [0.25, 0.3) is 0 Å². The van der Waals surface area contributed by atoms with E-state index in [1.54, 1.807) is 6.20 Å². The van der Waals surface area contributed by atoms with E-state index >= 15 is 0 Å². The Morgan fingerprint density at radius 1 is 1.37 bits per heavy atom. The van der Waals surface area contributed by atoms with E-state index in [9.17, 15) is 0 Å². The Labute approximate surface area is 112 Å². The van der Waals surface area contributed by atoms with Crippen LogP contribution in [0.3, 0.4) is 0 Å². The van der Waals surface area contributed by atoms with Gasteiger partial charge in [0.15, 0.2) is 0 Å². The van der Waals surface area contributed by atoms with Crippen LogP contribution in [0.1, 0.15) is 17.2 Å². The minimum atomic E-state index is 0.157. The van der Waals surface area contributed by atoms with Gasteiger partial charge in [-0.05, 0) is 42.8 Å². The topological polar surface area (TPSA) is 47.0 Å². The molecule has 4 heteroatoms. The Kier molecular flexibility index (Phi) is 3.53. The number of fused-ring (bicyclic) bond motifs is 1. The first kappa shape index (κ1) is 12.3. The van der Waals surface area contributed by atoms with E-state index in [0.29, 0.717) is 0 Å². The van der Waals surface area contributed by atoms with Crippen LogP contribution in [0, 0.1) is 0 Å². The molecule has 98 valence electrons. The van der Waals surface area contributed by atoms with Crippen LogP contribution in [-0.2, 0) is 11.2 Å². The van der Waals surface area contributed by atoms with Gasteiger partial charge in [0.05, 0.1) is 18.4 Å². The highest BCUT2D eigenvalue weighted by atomic mass is 16.5. The summed E-state index contributed by atoms with van der Waals surface area (Å²) in [4.78, 5) is 0. The first-order valence-electron chi connectivity index (χ1n) is 6.55. The van der Waals surface area contributed by atoms with E-state index < -0.39 is 0 Å². The summed E-state index contributed by atoms with van der Waals surface area (Å²) in [5, 5.41) is 11.3. The molecule has 1 N–H and O–H groups in total. The van der Waals surface area contributed by atoms with Gasteiger partial charge in [-0.1, -0.05) is 12.1 Å². The second kappa shape index (κ2) is 5.47. The molecule has 1 unspecified atom stereocenters. The van der Waals surface area contributed by atoms with Crippen molar-refractivity contribution in [3.63, 3.8) is 0 Å². The van der Waals surface area contributed by atoms with Gasteiger partial charge in [0.1, 0.15) is 0 Å². The van der Waals surface area contributed by atoms with E-state index in [4.69, 9.17) is 4.74 Å². The van der Waals surface area contributed by atoms with Crippen molar-refractivity contribution in [3.8, 4) is 11.3 Å². The van der Waals surface area contributed by atoms with Crippen molar-refractivity contribution >= 4 is 0 Å². The van der Waals surface area contributed by atoms with Crippen LogP contribution in [0.5, 0.6) is 0 Å². The summed E-state index contributed by atoms with van der Waals surface area (Å²) >= 11 is 0. The number of hydrogen-bond acceptors (Lipinski definition) is 4. The van der Waals surface area contributed by atoms with Gasteiger partial charge in [0, 0.05) is 18.3 Å². The Morgan fingerprint density at radius 2 is 2.32 bits per heavy atom. The van der Waals surface area contributed by atoms with Crippen LogP contribution in [0.15, 0.2) is 36.5 Å². The maximum Gasteiger partial charge on any atom is 0.0951 e. The zero-order chi connectivity index (χ0) is 13.1. The summed E-state index contributed by atoms with van der Waals surface area (Å²) in [6.07, 6.45) is 2.81. The number of ether oxygens (including phenoxy) is 1. The molecule has 1 aliphatic rings. The van der Waals surface area contributed by atoms with Crippen LogP contribution in [-0.4, -0.2) is 30.4 Å². The van der Waals surface area contributed by atoms with Crippen molar-refractivity contribution in [2.75, 3.05) is 20.2 Å². The zero-order valence-electron chi connectivity index (χ0n) is 11.0. The molecule has 0 aliphatic carbocycles. The lowest BCUT2D eigenvalue weighted by molar-refractivity contribution is 0.0439. The molecule has 1 aliphatic heterocycles. The monoisotopic (exact) mass is 255 g/mol. The number of benzene rings is 1. The molecule has 0 bridgehead atoms. The van der Waals surface area contributed by atoms with Crippen molar-refractivity contribution in [2.24, 2.45) is 0 Å².